The Morgan fingerprint density at radius 3 is 2.41 bits per heavy atom. The maximum atomic E-state index is 11.8. The number of rotatable bonds is 6. The Labute approximate surface area is 179 Å². The topological polar surface area (TPSA) is 79.5 Å². The molecule has 0 bridgehead atoms. The first kappa shape index (κ1) is 20.9. The number of thiophene rings is 1. The van der Waals surface area contributed by atoms with Crippen molar-refractivity contribution >= 4 is 58.6 Å². The number of hydrogen-bond donors (Lipinski definition) is 3. The number of carbonyl (C=O) groups excluding carboxylic acids is 1. The van der Waals surface area contributed by atoms with Crippen molar-refractivity contribution in [2.24, 2.45) is 10.7 Å². The number of hydrogen-bond acceptors (Lipinski definition) is 3. The summed E-state index contributed by atoms with van der Waals surface area (Å²) in [4.78, 5) is 17.2. The molecule has 3 aromatic rings. The van der Waals surface area contributed by atoms with Crippen molar-refractivity contribution in [3.05, 3.63) is 82.6 Å². The third-order valence-electron chi connectivity index (χ3n) is 3.69. The molecule has 0 spiro atoms. The number of urea groups is 1. The van der Waals surface area contributed by atoms with Gasteiger partial charge in [-0.05, 0) is 47.7 Å². The number of nitrogens with zero attached hydrogens (tertiary/aromatic N) is 1. The van der Waals surface area contributed by atoms with E-state index in [0.717, 1.165) is 28.2 Å². The number of aliphatic imine (C=N–C) groups is 1. The molecule has 7 heteroatoms. The Morgan fingerprint density at radius 2 is 1.74 bits per heavy atom. The van der Waals surface area contributed by atoms with E-state index in [1.807, 2.05) is 72.1 Å². The van der Waals surface area contributed by atoms with Gasteiger partial charge >= 0.3 is 6.03 Å². The average molecular weight is 492 g/mol. The molecule has 1 heterocycles. The average Bonchev–Trinajstić information content (AvgIpc) is 3.19. The highest BCUT2D eigenvalue weighted by molar-refractivity contribution is 14.0. The fraction of sp³-hybridized carbons (Fsp3) is 0.100. The number of amidine groups is 1. The van der Waals surface area contributed by atoms with Crippen LogP contribution in [0.25, 0.3) is 0 Å². The molecule has 4 N–H and O–H groups in total. The smallest absolute Gasteiger partial charge is 0.319 e. The fourth-order valence-electron chi connectivity index (χ4n) is 2.37. The summed E-state index contributed by atoms with van der Waals surface area (Å²) in [5.41, 5.74) is 8.70. The summed E-state index contributed by atoms with van der Waals surface area (Å²) in [6.07, 6.45) is 0.743. The molecule has 0 aliphatic carbocycles. The SMILES string of the molecule is I.NC(=Nc1ccc(CCNC(=O)Nc2ccccc2)cc1)c1cccs1. The lowest BCUT2D eigenvalue weighted by Crippen LogP contribution is -2.30. The molecule has 0 aliphatic rings. The lowest BCUT2D eigenvalue weighted by Gasteiger charge is -2.07. The minimum atomic E-state index is -0.207. The van der Waals surface area contributed by atoms with E-state index >= 15 is 0 Å². The van der Waals surface area contributed by atoms with Crippen LogP contribution in [-0.4, -0.2) is 18.4 Å². The van der Waals surface area contributed by atoms with Crippen LogP contribution in [0.3, 0.4) is 0 Å². The maximum absolute atomic E-state index is 11.8. The van der Waals surface area contributed by atoms with E-state index in [1.54, 1.807) is 11.3 Å². The summed E-state index contributed by atoms with van der Waals surface area (Å²) >= 11 is 1.57. The van der Waals surface area contributed by atoms with Gasteiger partial charge in [0.15, 0.2) is 0 Å². The quantitative estimate of drug-likeness (QED) is 0.264. The summed E-state index contributed by atoms with van der Waals surface area (Å²) in [6, 6.07) is 20.9. The second-order valence-electron chi connectivity index (χ2n) is 5.64. The zero-order chi connectivity index (χ0) is 18.2. The van der Waals surface area contributed by atoms with Crippen molar-refractivity contribution in [1.82, 2.24) is 5.32 Å². The van der Waals surface area contributed by atoms with Gasteiger partial charge in [0, 0.05) is 12.2 Å². The Hall–Kier alpha value is -2.39. The van der Waals surface area contributed by atoms with E-state index in [1.165, 1.54) is 0 Å². The zero-order valence-electron chi connectivity index (χ0n) is 14.6. The second kappa shape index (κ2) is 10.7. The molecule has 3 rings (SSSR count). The number of halogens is 1. The Morgan fingerprint density at radius 1 is 1.00 bits per heavy atom. The van der Waals surface area contributed by atoms with Crippen LogP contribution in [0.4, 0.5) is 16.2 Å². The van der Waals surface area contributed by atoms with Crippen LogP contribution in [0.1, 0.15) is 10.4 Å². The number of benzene rings is 2. The molecule has 0 fully saturated rings. The lowest BCUT2D eigenvalue weighted by molar-refractivity contribution is 0.252. The predicted octanol–water partition coefficient (Wildman–Crippen LogP) is 4.77. The number of amides is 2. The Kier molecular flexibility index (Phi) is 8.28. The molecular formula is C20H21IN4OS. The summed E-state index contributed by atoms with van der Waals surface area (Å²) in [5, 5.41) is 7.61. The highest BCUT2D eigenvalue weighted by Gasteiger charge is 2.02. The van der Waals surface area contributed by atoms with Crippen molar-refractivity contribution < 1.29 is 4.79 Å². The molecule has 0 saturated heterocycles. The highest BCUT2D eigenvalue weighted by atomic mass is 127. The molecule has 1 aromatic heterocycles. The molecule has 5 nitrogen and oxygen atoms in total. The van der Waals surface area contributed by atoms with Gasteiger partial charge in [-0.3, -0.25) is 0 Å². The largest absolute Gasteiger partial charge is 0.383 e. The van der Waals surface area contributed by atoms with E-state index in [4.69, 9.17) is 5.73 Å². The van der Waals surface area contributed by atoms with Crippen LogP contribution in [0, 0.1) is 0 Å². The molecule has 140 valence electrons. The van der Waals surface area contributed by atoms with Gasteiger partial charge in [-0.25, -0.2) is 9.79 Å². The summed E-state index contributed by atoms with van der Waals surface area (Å²) in [7, 11) is 0. The van der Waals surface area contributed by atoms with E-state index in [9.17, 15) is 4.79 Å². The van der Waals surface area contributed by atoms with Crippen molar-refractivity contribution in [2.75, 3.05) is 11.9 Å². The van der Waals surface area contributed by atoms with Crippen LogP contribution in [0.5, 0.6) is 0 Å². The van der Waals surface area contributed by atoms with Gasteiger partial charge in [-0.1, -0.05) is 36.4 Å². The van der Waals surface area contributed by atoms with Gasteiger partial charge < -0.3 is 16.4 Å². The van der Waals surface area contributed by atoms with Crippen molar-refractivity contribution in [1.29, 1.82) is 0 Å². The first-order chi connectivity index (χ1) is 12.7. The summed E-state index contributed by atoms with van der Waals surface area (Å²) in [5.74, 6) is 0.520. The van der Waals surface area contributed by atoms with Gasteiger partial charge in [0.05, 0.1) is 10.6 Å². The second-order valence-corrected chi connectivity index (χ2v) is 6.59. The van der Waals surface area contributed by atoms with Crippen LogP contribution < -0.4 is 16.4 Å². The predicted molar refractivity (Wildman–Crippen MR) is 124 cm³/mol. The number of anilines is 1. The highest BCUT2D eigenvalue weighted by Crippen LogP contribution is 2.16. The van der Waals surface area contributed by atoms with Crippen molar-refractivity contribution in [3.8, 4) is 0 Å². The van der Waals surface area contributed by atoms with Crippen LogP contribution >= 0.6 is 35.3 Å². The van der Waals surface area contributed by atoms with E-state index in [-0.39, 0.29) is 30.0 Å². The first-order valence-electron chi connectivity index (χ1n) is 8.27. The number of para-hydroxylation sites is 1. The maximum Gasteiger partial charge on any atom is 0.319 e. The normalized spacial score (nSPS) is 10.7. The van der Waals surface area contributed by atoms with Gasteiger partial charge in [-0.2, -0.15) is 0 Å². The first-order valence-corrected chi connectivity index (χ1v) is 9.15. The number of carbonyl (C=O) groups is 1. The fourth-order valence-corrected chi connectivity index (χ4v) is 3.00. The van der Waals surface area contributed by atoms with E-state index in [0.29, 0.717) is 12.4 Å². The van der Waals surface area contributed by atoms with Gasteiger partial charge in [-0.15, -0.1) is 35.3 Å². The van der Waals surface area contributed by atoms with Gasteiger partial charge in [0.1, 0.15) is 5.84 Å². The van der Waals surface area contributed by atoms with Gasteiger partial charge in [0.25, 0.3) is 0 Å². The lowest BCUT2D eigenvalue weighted by atomic mass is 10.1. The van der Waals surface area contributed by atoms with Crippen molar-refractivity contribution in [3.63, 3.8) is 0 Å². The molecule has 0 unspecified atom stereocenters. The molecule has 0 radical (unpaired) electrons. The monoisotopic (exact) mass is 492 g/mol. The number of nitrogens with one attached hydrogen (secondary N) is 2. The molecule has 2 amide bonds. The summed E-state index contributed by atoms with van der Waals surface area (Å²) < 4.78 is 0. The zero-order valence-corrected chi connectivity index (χ0v) is 17.7. The van der Waals surface area contributed by atoms with Crippen molar-refractivity contribution in [2.45, 2.75) is 6.42 Å². The Balaban J connectivity index is 0.00000261. The standard InChI is InChI=1S/C20H20N4OS.HI/c21-19(18-7-4-14-26-18)23-17-10-8-15(9-11-17)12-13-22-20(25)24-16-5-2-1-3-6-16;/h1-11,14H,12-13H2,(H2,21,23)(H2,22,24,25);1H. The van der Waals surface area contributed by atoms with E-state index in [2.05, 4.69) is 15.6 Å². The summed E-state index contributed by atoms with van der Waals surface area (Å²) in [6.45, 7) is 0.554. The number of nitrogens with two attached hydrogens (primary N) is 1. The third-order valence-corrected chi connectivity index (χ3v) is 4.58. The molecule has 0 atom stereocenters. The minimum absolute atomic E-state index is 0. The minimum Gasteiger partial charge on any atom is -0.383 e. The van der Waals surface area contributed by atoms with E-state index < -0.39 is 0 Å². The Bertz CT molecular complexity index is 865. The molecule has 2 aromatic carbocycles. The molecule has 0 aliphatic heterocycles. The molecular weight excluding hydrogens is 471 g/mol. The van der Waals surface area contributed by atoms with Crippen LogP contribution in [0.15, 0.2) is 77.1 Å². The van der Waals surface area contributed by atoms with Gasteiger partial charge in [0.2, 0.25) is 0 Å². The third kappa shape index (κ3) is 6.69. The van der Waals surface area contributed by atoms with Crippen LogP contribution in [0.2, 0.25) is 0 Å². The molecule has 27 heavy (non-hydrogen) atoms. The molecule has 0 saturated carbocycles. The van der Waals surface area contributed by atoms with Crippen LogP contribution in [-0.2, 0) is 6.42 Å².